The highest BCUT2D eigenvalue weighted by Gasteiger charge is 2.17. The number of aliphatic carboxylic acids is 1. The van der Waals surface area contributed by atoms with Crippen molar-refractivity contribution in [3.8, 4) is 5.88 Å². The van der Waals surface area contributed by atoms with Crippen LogP contribution in [-0.2, 0) is 16.1 Å². The highest BCUT2D eigenvalue weighted by Crippen LogP contribution is 2.27. The zero-order valence-electron chi connectivity index (χ0n) is 17.4. The molecule has 4 aromatic rings. The Morgan fingerprint density at radius 3 is 2.62 bits per heavy atom. The maximum absolute atomic E-state index is 12.2. The highest BCUT2D eigenvalue weighted by atomic mass is 32.2. The monoisotopic (exact) mass is 454 g/mol. The third-order valence-corrected chi connectivity index (χ3v) is 5.73. The summed E-state index contributed by atoms with van der Waals surface area (Å²) in [5.41, 5.74) is 2.19. The molecule has 0 unspecified atom stereocenters. The topological polar surface area (TPSA) is 108 Å². The molecule has 2 aromatic carbocycles. The van der Waals surface area contributed by atoms with Gasteiger partial charge in [-0.15, -0.1) is 5.10 Å². The number of carboxylic acid groups (broad SMARTS) is 1. The molecule has 0 atom stereocenters. The van der Waals surface area contributed by atoms with E-state index < -0.39 is 12.1 Å². The molecular weight excluding hydrogens is 432 g/mol. The van der Waals surface area contributed by atoms with Crippen molar-refractivity contribution in [3.63, 3.8) is 0 Å². The first-order valence-corrected chi connectivity index (χ1v) is 11.1. The van der Waals surface area contributed by atoms with Crippen LogP contribution in [0.5, 0.6) is 5.88 Å². The molecule has 166 valence electrons. The van der Waals surface area contributed by atoms with Crippen LogP contribution in [0, 0.1) is 0 Å². The summed E-state index contributed by atoms with van der Waals surface area (Å²) in [5, 5.41) is 14.9. The van der Waals surface area contributed by atoms with Crippen molar-refractivity contribution in [3.05, 3.63) is 48.5 Å². The minimum absolute atomic E-state index is 0.142. The van der Waals surface area contributed by atoms with E-state index in [1.807, 2.05) is 42.5 Å². The molecule has 4 rings (SSSR count). The summed E-state index contributed by atoms with van der Waals surface area (Å²) in [6, 6.07) is 14.8. The van der Waals surface area contributed by atoms with E-state index in [1.165, 1.54) is 16.4 Å². The summed E-state index contributed by atoms with van der Waals surface area (Å²) in [4.78, 5) is 28.0. The predicted octanol–water partition coefficient (Wildman–Crippen LogP) is 4.04. The van der Waals surface area contributed by atoms with Gasteiger partial charge in [0, 0.05) is 5.75 Å². The fourth-order valence-corrected chi connectivity index (χ4v) is 4.24. The van der Waals surface area contributed by atoms with Gasteiger partial charge in [-0.25, -0.2) is 9.78 Å². The molecule has 0 fully saturated rings. The standard InChI is InChI=1S/C22H22N4O5S/c1-2-30-22(29)26-17-10-5-3-8-15(17)20(24-26)31-12-7-13-32-21-23-16-9-4-6-11-18(16)25(21)14-19(27)28/h3-6,8-11H,2,7,12-14H2,1H3,(H,27,28). The van der Waals surface area contributed by atoms with Gasteiger partial charge in [-0.3, -0.25) is 4.79 Å². The van der Waals surface area contributed by atoms with Crippen molar-refractivity contribution in [1.29, 1.82) is 0 Å². The Morgan fingerprint density at radius 1 is 1.09 bits per heavy atom. The average Bonchev–Trinajstić information content (AvgIpc) is 3.32. The van der Waals surface area contributed by atoms with Gasteiger partial charge in [0.05, 0.1) is 35.2 Å². The van der Waals surface area contributed by atoms with Gasteiger partial charge < -0.3 is 19.1 Å². The Balaban J connectivity index is 1.40. The molecule has 9 nitrogen and oxygen atoms in total. The molecule has 0 radical (unpaired) electrons. The second-order valence-corrected chi connectivity index (χ2v) is 7.91. The van der Waals surface area contributed by atoms with Gasteiger partial charge in [0.2, 0.25) is 5.88 Å². The van der Waals surface area contributed by atoms with Gasteiger partial charge in [0.1, 0.15) is 6.54 Å². The molecule has 10 heteroatoms. The van der Waals surface area contributed by atoms with Crippen LogP contribution in [0.1, 0.15) is 13.3 Å². The summed E-state index contributed by atoms with van der Waals surface area (Å²) in [6.07, 6.45) is 0.132. The van der Waals surface area contributed by atoms with Crippen LogP contribution in [0.15, 0.2) is 53.7 Å². The molecule has 0 amide bonds. The van der Waals surface area contributed by atoms with Crippen LogP contribution in [0.25, 0.3) is 21.9 Å². The molecule has 0 aliphatic carbocycles. The Morgan fingerprint density at radius 2 is 1.84 bits per heavy atom. The van der Waals surface area contributed by atoms with Crippen molar-refractivity contribution in [1.82, 2.24) is 19.3 Å². The zero-order valence-corrected chi connectivity index (χ0v) is 18.2. The fraction of sp³-hybridized carbons (Fsp3) is 0.273. The quantitative estimate of drug-likeness (QED) is 0.298. The Bertz CT molecular complexity index is 1270. The second kappa shape index (κ2) is 9.73. The number of ether oxygens (including phenoxy) is 2. The Labute approximate surface area is 187 Å². The van der Waals surface area contributed by atoms with E-state index in [-0.39, 0.29) is 13.2 Å². The van der Waals surface area contributed by atoms with E-state index >= 15 is 0 Å². The summed E-state index contributed by atoms with van der Waals surface area (Å²) in [7, 11) is 0. The van der Waals surface area contributed by atoms with Crippen LogP contribution in [0.2, 0.25) is 0 Å². The molecule has 2 heterocycles. The van der Waals surface area contributed by atoms with Crippen molar-refractivity contribution in [2.45, 2.75) is 25.0 Å². The maximum Gasteiger partial charge on any atom is 0.435 e. The number of nitrogens with zero attached hydrogens (tertiary/aromatic N) is 4. The van der Waals surface area contributed by atoms with E-state index in [0.717, 1.165) is 16.4 Å². The van der Waals surface area contributed by atoms with E-state index in [1.54, 1.807) is 17.6 Å². The SMILES string of the molecule is CCOC(=O)n1nc(OCCCSc2nc3ccccc3n2CC(=O)O)c2ccccc21. The molecule has 1 N–H and O–H groups in total. The molecule has 0 aliphatic rings. The van der Waals surface area contributed by atoms with E-state index in [0.29, 0.717) is 35.3 Å². The van der Waals surface area contributed by atoms with Gasteiger partial charge in [-0.05, 0) is 37.6 Å². The zero-order chi connectivity index (χ0) is 22.5. The van der Waals surface area contributed by atoms with Gasteiger partial charge in [0.25, 0.3) is 0 Å². The molecule has 0 spiro atoms. The van der Waals surface area contributed by atoms with Crippen molar-refractivity contribution >= 4 is 45.8 Å². The molecule has 0 bridgehead atoms. The van der Waals surface area contributed by atoms with Gasteiger partial charge in [-0.2, -0.15) is 4.68 Å². The number of carbonyl (C=O) groups is 2. The van der Waals surface area contributed by atoms with Gasteiger partial charge in [0.15, 0.2) is 5.16 Å². The minimum Gasteiger partial charge on any atom is -0.480 e. The third-order valence-electron chi connectivity index (χ3n) is 4.67. The third kappa shape index (κ3) is 4.54. The molecule has 2 aromatic heterocycles. The van der Waals surface area contributed by atoms with Crippen LogP contribution < -0.4 is 4.74 Å². The van der Waals surface area contributed by atoms with Crippen LogP contribution >= 0.6 is 11.8 Å². The van der Waals surface area contributed by atoms with Crippen molar-refractivity contribution in [2.24, 2.45) is 0 Å². The summed E-state index contributed by atoms with van der Waals surface area (Å²) < 4.78 is 13.8. The number of thioether (sulfide) groups is 1. The largest absolute Gasteiger partial charge is 0.480 e. The normalized spacial score (nSPS) is 11.2. The number of fused-ring (bicyclic) bond motifs is 2. The van der Waals surface area contributed by atoms with E-state index in [4.69, 9.17) is 9.47 Å². The molecule has 0 saturated carbocycles. The van der Waals surface area contributed by atoms with E-state index in [9.17, 15) is 14.7 Å². The lowest BCUT2D eigenvalue weighted by atomic mass is 10.2. The number of aromatic nitrogens is 4. The first-order valence-electron chi connectivity index (χ1n) is 10.2. The first kappa shape index (κ1) is 21.7. The predicted molar refractivity (Wildman–Crippen MR) is 120 cm³/mol. The number of imidazole rings is 1. The second-order valence-electron chi connectivity index (χ2n) is 6.85. The molecule has 0 aliphatic heterocycles. The summed E-state index contributed by atoms with van der Waals surface area (Å²) in [6.45, 7) is 2.24. The molecule has 0 saturated heterocycles. The van der Waals surface area contributed by atoms with Crippen LogP contribution in [0.3, 0.4) is 0 Å². The van der Waals surface area contributed by atoms with Crippen LogP contribution in [0.4, 0.5) is 4.79 Å². The Kier molecular flexibility index (Phi) is 6.60. The maximum atomic E-state index is 12.2. The van der Waals surface area contributed by atoms with Crippen molar-refractivity contribution < 1.29 is 24.2 Å². The van der Waals surface area contributed by atoms with Gasteiger partial charge >= 0.3 is 12.1 Å². The number of carboxylic acids is 1. The number of rotatable bonds is 9. The first-order chi connectivity index (χ1) is 15.6. The average molecular weight is 455 g/mol. The number of para-hydroxylation sites is 3. The lowest BCUT2D eigenvalue weighted by Gasteiger charge is -2.06. The van der Waals surface area contributed by atoms with E-state index in [2.05, 4.69) is 10.1 Å². The number of hydrogen-bond donors (Lipinski definition) is 1. The number of benzene rings is 2. The molecule has 32 heavy (non-hydrogen) atoms. The van der Waals surface area contributed by atoms with Crippen LogP contribution in [-0.4, -0.2) is 55.5 Å². The highest BCUT2D eigenvalue weighted by molar-refractivity contribution is 7.99. The van der Waals surface area contributed by atoms with Gasteiger partial charge in [-0.1, -0.05) is 36.0 Å². The molecular formula is C22H22N4O5S. The smallest absolute Gasteiger partial charge is 0.435 e. The lowest BCUT2D eigenvalue weighted by Crippen LogP contribution is -2.15. The summed E-state index contributed by atoms with van der Waals surface area (Å²) in [5.74, 6) is 0.138. The number of carbonyl (C=O) groups excluding carboxylic acids is 1. The minimum atomic E-state index is -0.914. The summed E-state index contributed by atoms with van der Waals surface area (Å²) >= 11 is 1.48. The Hall–Kier alpha value is -3.53. The lowest BCUT2D eigenvalue weighted by molar-refractivity contribution is -0.137. The number of hydrogen-bond acceptors (Lipinski definition) is 7. The fourth-order valence-electron chi connectivity index (χ4n) is 3.31. The van der Waals surface area contributed by atoms with Crippen molar-refractivity contribution in [2.75, 3.05) is 19.0 Å².